The van der Waals surface area contributed by atoms with Crippen LogP contribution in [-0.4, -0.2) is 36.2 Å². The van der Waals surface area contributed by atoms with Gasteiger partial charge in [0.1, 0.15) is 0 Å². The van der Waals surface area contributed by atoms with Crippen LogP contribution in [0.15, 0.2) is 0 Å². The van der Waals surface area contributed by atoms with E-state index in [1.54, 1.807) is 0 Å². The SMILES string of the molecule is CCC1(C)CC(NCC(=O)NC(C)(C)C)CCO1. The Morgan fingerprint density at radius 3 is 2.67 bits per heavy atom. The molecular formula is C14H28N2O2. The molecule has 1 amide bonds. The molecule has 2 N–H and O–H groups in total. The van der Waals surface area contributed by atoms with Crippen LogP contribution in [0.1, 0.15) is 53.9 Å². The summed E-state index contributed by atoms with van der Waals surface area (Å²) in [4.78, 5) is 11.7. The standard InChI is InChI=1S/C14H28N2O2/c1-6-14(5)9-11(7-8-18-14)15-10-12(17)16-13(2,3)4/h11,15H,6-10H2,1-5H3,(H,16,17). The van der Waals surface area contributed by atoms with Crippen molar-refractivity contribution in [2.75, 3.05) is 13.2 Å². The summed E-state index contributed by atoms with van der Waals surface area (Å²) in [5.41, 5.74) is -0.192. The molecule has 1 saturated heterocycles. The van der Waals surface area contributed by atoms with E-state index >= 15 is 0 Å². The molecule has 0 aromatic carbocycles. The molecule has 106 valence electrons. The highest BCUT2D eigenvalue weighted by molar-refractivity contribution is 5.78. The fourth-order valence-corrected chi connectivity index (χ4v) is 2.25. The van der Waals surface area contributed by atoms with E-state index in [-0.39, 0.29) is 17.0 Å². The van der Waals surface area contributed by atoms with Crippen molar-refractivity contribution in [3.05, 3.63) is 0 Å². The summed E-state index contributed by atoms with van der Waals surface area (Å²) in [5, 5.41) is 6.30. The van der Waals surface area contributed by atoms with E-state index in [2.05, 4.69) is 24.5 Å². The number of carbonyl (C=O) groups is 1. The first kappa shape index (κ1) is 15.4. The van der Waals surface area contributed by atoms with E-state index in [0.29, 0.717) is 12.6 Å². The van der Waals surface area contributed by atoms with Crippen LogP contribution in [0.3, 0.4) is 0 Å². The number of nitrogens with one attached hydrogen (secondary N) is 2. The molecule has 0 aliphatic carbocycles. The first-order valence-electron chi connectivity index (χ1n) is 6.92. The highest BCUT2D eigenvalue weighted by Gasteiger charge is 2.31. The van der Waals surface area contributed by atoms with Gasteiger partial charge >= 0.3 is 0 Å². The summed E-state index contributed by atoms with van der Waals surface area (Å²) in [7, 11) is 0. The van der Waals surface area contributed by atoms with Crippen molar-refractivity contribution in [3.8, 4) is 0 Å². The maximum absolute atomic E-state index is 11.7. The quantitative estimate of drug-likeness (QED) is 0.807. The Hall–Kier alpha value is -0.610. The van der Waals surface area contributed by atoms with Gasteiger partial charge in [-0.15, -0.1) is 0 Å². The second kappa shape index (κ2) is 6.02. The Bertz CT molecular complexity index is 286. The minimum atomic E-state index is -0.160. The van der Waals surface area contributed by atoms with Crippen molar-refractivity contribution < 1.29 is 9.53 Å². The molecule has 1 aliphatic heterocycles. The zero-order valence-electron chi connectivity index (χ0n) is 12.4. The van der Waals surface area contributed by atoms with E-state index in [1.807, 2.05) is 20.8 Å². The minimum absolute atomic E-state index is 0.0313. The summed E-state index contributed by atoms with van der Waals surface area (Å²) in [6, 6.07) is 0.384. The molecule has 0 aromatic heterocycles. The third kappa shape index (κ3) is 5.36. The highest BCUT2D eigenvalue weighted by Crippen LogP contribution is 2.27. The van der Waals surface area contributed by atoms with Crippen molar-refractivity contribution in [1.82, 2.24) is 10.6 Å². The fourth-order valence-electron chi connectivity index (χ4n) is 2.25. The predicted octanol–water partition coefficient (Wildman–Crippen LogP) is 1.84. The lowest BCUT2D eigenvalue weighted by Crippen LogP contribution is -2.50. The Morgan fingerprint density at radius 1 is 1.44 bits per heavy atom. The van der Waals surface area contributed by atoms with E-state index in [1.165, 1.54) is 0 Å². The normalized spacial score (nSPS) is 29.1. The van der Waals surface area contributed by atoms with Crippen molar-refractivity contribution >= 4 is 5.91 Å². The molecular weight excluding hydrogens is 228 g/mol. The van der Waals surface area contributed by atoms with Gasteiger partial charge in [0.25, 0.3) is 0 Å². The molecule has 4 heteroatoms. The van der Waals surface area contributed by atoms with Gasteiger partial charge in [-0.25, -0.2) is 0 Å². The molecule has 18 heavy (non-hydrogen) atoms. The van der Waals surface area contributed by atoms with Crippen LogP contribution >= 0.6 is 0 Å². The second-order valence-corrected chi connectivity index (χ2v) is 6.52. The Labute approximate surface area is 111 Å². The molecule has 2 unspecified atom stereocenters. The number of ether oxygens (including phenoxy) is 1. The summed E-state index contributed by atoms with van der Waals surface area (Å²) < 4.78 is 5.79. The van der Waals surface area contributed by atoms with E-state index < -0.39 is 0 Å². The van der Waals surface area contributed by atoms with Gasteiger partial charge in [-0.1, -0.05) is 6.92 Å². The first-order valence-corrected chi connectivity index (χ1v) is 6.92. The largest absolute Gasteiger partial charge is 0.375 e. The van der Waals surface area contributed by atoms with Crippen molar-refractivity contribution in [2.45, 2.75) is 71.1 Å². The average Bonchev–Trinajstić information content (AvgIpc) is 2.24. The lowest BCUT2D eigenvalue weighted by molar-refractivity contribution is -0.122. The van der Waals surface area contributed by atoms with E-state index in [9.17, 15) is 4.79 Å². The third-order valence-corrected chi connectivity index (χ3v) is 3.41. The minimum Gasteiger partial charge on any atom is -0.375 e. The fraction of sp³-hybridized carbons (Fsp3) is 0.929. The molecule has 2 atom stereocenters. The molecule has 0 radical (unpaired) electrons. The smallest absolute Gasteiger partial charge is 0.234 e. The topological polar surface area (TPSA) is 50.4 Å². The summed E-state index contributed by atoms with van der Waals surface area (Å²) in [5.74, 6) is 0.0622. The van der Waals surface area contributed by atoms with Crippen molar-refractivity contribution in [3.63, 3.8) is 0 Å². The van der Waals surface area contributed by atoms with Crippen LogP contribution in [0.4, 0.5) is 0 Å². The Kier molecular flexibility index (Phi) is 5.17. The van der Waals surface area contributed by atoms with Gasteiger partial charge in [0.15, 0.2) is 0 Å². The number of hydrogen-bond acceptors (Lipinski definition) is 3. The highest BCUT2D eigenvalue weighted by atomic mass is 16.5. The molecule has 4 nitrogen and oxygen atoms in total. The first-order chi connectivity index (χ1) is 8.24. The zero-order chi connectivity index (χ0) is 13.8. The van der Waals surface area contributed by atoms with Crippen LogP contribution in [0, 0.1) is 0 Å². The lowest BCUT2D eigenvalue weighted by atomic mass is 9.90. The monoisotopic (exact) mass is 256 g/mol. The Balaban J connectivity index is 2.33. The van der Waals surface area contributed by atoms with Gasteiger partial charge in [-0.2, -0.15) is 0 Å². The van der Waals surface area contributed by atoms with Crippen LogP contribution in [0.2, 0.25) is 0 Å². The maximum Gasteiger partial charge on any atom is 0.234 e. The predicted molar refractivity (Wildman–Crippen MR) is 73.6 cm³/mol. The van der Waals surface area contributed by atoms with Gasteiger partial charge < -0.3 is 15.4 Å². The van der Waals surface area contributed by atoms with Gasteiger partial charge in [0.05, 0.1) is 12.1 Å². The van der Waals surface area contributed by atoms with Crippen LogP contribution in [-0.2, 0) is 9.53 Å². The number of rotatable bonds is 4. The van der Waals surface area contributed by atoms with Crippen LogP contribution in [0.25, 0.3) is 0 Å². The van der Waals surface area contributed by atoms with Gasteiger partial charge in [-0.3, -0.25) is 4.79 Å². The van der Waals surface area contributed by atoms with Crippen molar-refractivity contribution in [2.24, 2.45) is 0 Å². The van der Waals surface area contributed by atoms with E-state index in [4.69, 9.17) is 4.74 Å². The number of carbonyl (C=O) groups excluding carboxylic acids is 1. The molecule has 1 heterocycles. The summed E-state index contributed by atoms with van der Waals surface area (Å²) in [6.45, 7) is 11.4. The molecule has 0 spiro atoms. The van der Waals surface area contributed by atoms with Crippen LogP contribution < -0.4 is 10.6 Å². The zero-order valence-corrected chi connectivity index (χ0v) is 12.4. The molecule has 0 aromatic rings. The summed E-state index contributed by atoms with van der Waals surface area (Å²) >= 11 is 0. The molecule has 1 aliphatic rings. The maximum atomic E-state index is 11.7. The molecule has 1 fully saturated rings. The third-order valence-electron chi connectivity index (χ3n) is 3.41. The molecule has 1 rings (SSSR count). The van der Waals surface area contributed by atoms with Gasteiger partial charge in [0.2, 0.25) is 5.91 Å². The van der Waals surface area contributed by atoms with Crippen molar-refractivity contribution in [1.29, 1.82) is 0 Å². The second-order valence-electron chi connectivity index (χ2n) is 6.52. The van der Waals surface area contributed by atoms with E-state index in [0.717, 1.165) is 25.9 Å². The van der Waals surface area contributed by atoms with Gasteiger partial charge in [0, 0.05) is 18.2 Å². The number of amides is 1. The average molecular weight is 256 g/mol. The van der Waals surface area contributed by atoms with Gasteiger partial charge in [-0.05, 0) is 47.0 Å². The molecule has 0 bridgehead atoms. The molecule has 0 saturated carbocycles. The van der Waals surface area contributed by atoms with Crippen LogP contribution in [0.5, 0.6) is 0 Å². The summed E-state index contributed by atoms with van der Waals surface area (Å²) in [6.07, 6.45) is 2.98. The number of hydrogen-bond donors (Lipinski definition) is 2. The Morgan fingerprint density at radius 2 is 2.11 bits per heavy atom. The lowest BCUT2D eigenvalue weighted by Gasteiger charge is -2.38.